The fraction of sp³-hybridized carbons (Fsp3) is 0.483. The molecule has 0 amide bonds. The Balaban J connectivity index is 1.50. The molecule has 0 aliphatic carbocycles. The highest BCUT2D eigenvalue weighted by atomic mass is 16.7. The summed E-state index contributed by atoms with van der Waals surface area (Å²) >= 11 is 0. The van der Waals surface area contributed by atoms with Crippen LogP contribution in [-0.4, -0.2) is 123 Å². The number of methoxy groups -OCH3 is 2. The molecule has 45 heavy (non-hydrogen) atoms. The number of aromatic hydroxyl groups is 2. The van der Waals surface area contributed by atoms with Crippen LogP contribution in [0, 0.1) is 0 Å². The third-order valence-electron chi connectivity index (χ3n) is 7.72. The van der Waals surface area contributed by atoms with Gasteiger partial charge in [0.2, 0.25) is 17.5 Å². The summed E-state index contributed by atoms with van der Waals surface area (Å²) < 4.78 is 38.5. The summed E-state index contributed by atoms with van der Waals surface area (Å²) in [6.45, 7) is 0.864. The lowest BCUT2D eigenvalue weighted by Crippen LogP contribution is -2.61. The zero-order valence-electron chi connectivity index (χ0n) is 24.2. The number of phenols is 2. The van der Waals surface area contributed by atoms with E-state index in [0.717, 1.165) is 0 Å². The van der Waals surface area contributed by atoms with Crippen LogP contribution in [0.1, 0.15) is 6.92 Å². The minimum atomic E-state index is -1.93. The van der Waals surface area contributed by atoms with E-state index in [1.807, 2.05) is 0 Å². The van der Waals surface area contributed by atoms with Crippen LogP contribution in [0.2, 0.25) is 0 Å². The number of phenolic OH excluding ortho intramolecular Hbond substituents is 2. The molecule has 10 atom stereocenters. The molecule has 8 N–H and O–H groups in total. The molecule has 2 fully saturated rings. The Morgan fingerprint density at radius 2 is 1.47 bits per heavy atom. The Kier molecular flexibility index (Phi) is 9.41. The summed E-state index contributed by atoms with van der Waals surface area (Å²) in [4.78, 5) is 13.8. The molecular weight excluding hydrogens is 604 g/mol. The number of hydrogen-bond donors (Lipinski definition) is 8. The quantitative estimate of drug-likeness (QED) is 0.146. The first kappa shape index (κ1) is 32.7. The van der Waals surface area contributed by atoms with Gasteiger partial charge in [0, 0.05) is 17.7 Å². The minimum absolute atomic E-state index is 0.105. The molecular formula is C29H34O16. The lowest BCUT2D eigenvalue weighted by Gasteiger charge is -2.42. The third-order valence-corrected chi connectivity index (χ3v) is 7.72. The van der Waals surface area contributed by atoms with Crippen molar-refractivity contribution in [2.24, 2.45) is 0 Å². The Hall–Kier alpha value is -3.71. The predicted molar refractivity (Wildman–Crippen MR) is 150 cm³/mol. The molecule has 16 heteroatoms. The lowest BCUT2D eigenvalue weighted by molar-refractivity contribution is -0.318. The van der Waals surface area contributed by atoms with E-state index >= 15 is 0 Å². The van der Waals surface area contributed by atoms with Crippen molar-refractivity contribution >= 4 is 11.0 Å². The van der Waals surface area contributed by atoms with E-state index in [4.69, 9.17) is 32.8 Å². The summed E-state index contributed by atoms with van der Waals surface area (Å²) in [7, 11) is 2.68. The summed E-state index contributed by atoms with van der Waals surface area (Å²) in [5, 5.41) is 82.9. The molecule has 2 aliphatic heterocycles. The number of ether oxygens (including phenoxy) is 6. The number of hydrogen-bond acceptors (Lipinski definition) is 16. The second-order valence-corrected chi connectivity index (χ2v) is 10.6. The highest BCUT2D eigenvalue weighted by molar-refractivity contribution is 5.88. The number of benzene rings is 2. The molecule has 0 spiro atoms. The predicted octanol–water partition coefficient (Wildman–Crippen LogP) is -1.08. The monoisotopic (exact) mass is 638 g/mol. The van der Waals surface area contributed by atoms with Gasteiger partial charge in [-0.05, 0) is 25.1 Å². The molecule has 0 saturated carbocycles. The van der Waals surface area contributed by atoms with Gasteiger partial charge >= 0.3 is 0 Å². The van der Waals surface area contributed by atoms with Gasteiger partial charge in [-0.2, -0.15) is 0 Å². The first-order chi connectivity index (χ1) is 21.4. The maximum Gasteiger partial charge on any atom is 0.239 e. The Labute approximate surface area is 254 Å². The summed E-state index contributed by atoms with van der Waals surface area (Å²) in [5.41, 5.74) is -0.936. The first-order valence-corrected chi connectivity index (χ1v) is 13.8. The zero-order chi connectivity index (χ0) is 32.7. The van der Waals surface area contributed by atoms with Crippen LogP contribution in [0.3, 0.4) is 0 Å². The second kappa shape index (κ2) is 13.0. The average Bonchev–Trinajstić information content (AvgIpc) is 3.02. The van der Waals surface area contributed by atoms with Crippen molar-refractivity contribution < 1.29 is 73.7 Å². The maximum absolute atomic E-state index is 13.8. The van der Waals surface area contributed by atoms with Gasteiger partial charge in [-0.3, -0.25) is 4.79 Å². The van der Waals surface area contributed by atoms with Gasteiger partial charge in [-0.15, -0.1) is 0 Å². The highest BCUT2D eigenvalue weighted by Crippen LogP contribution is 2.40. The van der Waals surface area contributed by atoms with Crippen LogP contribution in [-0.2, 0) is 14.2 Å². The van der Waals surface area contributed by atoms with E-state index < -0.39 is 84.9 Å². The molecule has 2 aliphatic rings. The fourth-order valence-corrected chi connectivity index (χ4v) is 5.11. The third kappa shape index (κ3) is 6.11. The van der Waals surface area contributed by atoms with Crippen molar-refractivity contribution in [2.75, 3.05) is 20.8 Å². The molecule has 2 saturated heterocycles. The molecule has 5 rings (SSSR count). The van der Waals surface area contributed by atoms with Gasteiger partial charge in [0.25, 0.3) is 0 Å². The van der Waals surface area contributed by atoms with Crippen molar-refractivity contribution in [1.82, 2.24) is 0 Å². The SMILES string of the molecule is COc1cc(O)c2c(=O)c(O[C@H]3O[C@H](CO[C@H]4O[C@@H](C)[C@H](O)[C@@H](O)[C@H]4O)[C@H](O)[C@@H](O)[C@H]3O)c(-c3ccc(OC)c(O)c3)oc2c1. The van der Waals surface area contributed by atoms with E-state index in [1.54, 1.807) is 0 Å². The van der Waals surface area contributed by atoms with Crippen LogP contribution < -0.4 is 19.6 Å². The van der Waals surface area contributed by atoms with Gasteiger partial charge in [0.05, 0.1) is 26.9 Å². The van der Waals surface area contributed by atoms with Crippen molar-refractivity contribution in [3.63, 3.8) is 0 Å². The van der Waals surface area contributed by atoms with Crippen LogP contribution in [0.5, 0.6) is 28.7 Å². The van der Waals surface area contributed by atoms with Gasteiger partial charge in [0.1, 0.15) is 65.2 Å². The standard InChI is InChI=1S/C29H34O16/c1-10-19(32)22(35)24(37)28(42-10)41-9-17-20(33)23(36)25(38)29(44-17)45-27-21(34)18-14(31)7-12(39-2)8-16(18)43-26(27)11-4-5-15(40-3)13(30)6-11/h4-8,10,17,19-20,22-25,28-33,35-38H,9H2,1-3H3/t10-,17+,19-,20-,22+,23+,24+,25+,28-,29+/m0/s1. The zero-order valence-corrected chi connectivity index (χ0v) is 24.2. The lowest BCUT2D eigenvalue weighted by atomic mass is 9.98. The van der Waals surface area contributed by atoms with E-state index in [-0.39, 0.29) is 39.5 Å². The second-order valence-electron chi connectivity index (χ2n) is 10.6. The fourth-order valence-electron chi connectivity index (χ4n) is 5.11. The van der Waals surface area contributed by atoms with Gasteiger partial charge in [-0.25, -0.2) is 0 Å². The van der Waals surface area contributed by atoms with E-state index in [0.29, 0.717) is 0 Å². The molecule has 246 valence electrons. The van der Waals surface area contributed by atoms with E-state index in [1.165, 1.54) is 51.5 Å². The molecule has 0 unspecified atom stereocenters. The van der Waals surface area contributed by atoms with Crippen LogP contribution in [0.15, 0.2) is 39.5 Å². The first-order valence-electron chi connectivity index (χ1n) is 13.8. The number of fused-ring (bicyclic) bond motifs is 1. The smallest absolute Gasteiger partial charge is 0.239 e. The number of rotatable bonds is 8. The molecule has 3 aromatic rings. The minimum Gasteiger partial charge on any atom is -0.507 e. The Bertz CT molecular complexity index is 1570. The number of aliphatic hydroxyl groups excluding tert-OH is 6. The Morgan fingerprint density at radius 1 is 0.778 bits per heavy atom. The molecule has 0 bridgehead atoms. The van der Waals surface area contributed by atoms with Gasteiger partial charge in [0.15, 0.2) is 23.5 Å². The van der Waals surface area contributed by atoms with Gasteiger partial charge < -0.3 is 73.7 Å². The summed E-state index contributed by atoms with van der Waals surface area (Å²) in [5.74, 6) is -1.44. The van der Waals surface area contributed by atoms with Crippen LogP contribution in [0.4, 0.5) is 0 Å². The average molecular weight is 639 g/mol. The van der Waals surface area contributed by atoms with E-state index in [9.17, 15) is 45.6 Å². The summed E-state index contributed by atoms with van der Waals surface area (Å²) in [6.07, 6.45) is -15.9. The van der Waals surface area contributed by atoms with Crippen molar-refractivity contribution in [3.8, 4) is 40.1 Å². The van der Waals surface area contributed by atoms with E-state index in [2.05, 4.69) is 0 Å². The largest absolute Gasteiger partial charge is 0.507 e. The van der Waals surface area contributed by atoms with Crippen molar-refractivity contribution in [1.29, 1.82) is 0 Å². The molecule has 2 aromatic carbocycles. The van der Waals surface area contributed by atoms with Gasteiger partial charge in [-0.1, -0.05) is 0 Å². The molecule has 16 nitrogen and oxygen atoms in total. The van der Waals surface area contributed by atoms with Crippen LogP contribution in [0.25, 0.3) is 22.3 Å². The molecule has 1 aromatic heterocycles. The van der Waals surface area contributed by atoms with Crippen LogP contribution >= 0.6 is 0 Å². The molecule has 3 heterocycles. The maximum atomic E-state index is 13.8. The molecule has 0 radical (unpaired) electrons. The summed E-state index contributed by atoms with van der Waals surface area (Å²) in [6, 6.07) is 6.54. The van der Waals surface area contributed by atoms with Crippen molar-refractivity contribution in [2.45, 2.75) is 68.3 Å². The highest BCUT2D eigenvalue weighted by Gasteiger charge is 2.47. The normalized spacial score (nSPS) is 31.9. The Morgan fingerprint density at radius 3 is 2.13 bits per heavy atom. The topological polar surface area (TPSA) is 247 Å². The van der Waals surface area contributed by atoms with Crippen molar-refractivity contribution in [3.05, 3.63) is 40.6 Å². The number of aliphatic hydroxyl groups is 6.